The van der Waals surface area contributed by atoms with Gasteiger partial charge in [0.15, 0.2) is 5.16 Å². The van der Waals surface area contributed by atoms with Crippen molar-refractivity contribution in [2.45, 2.75) is 51.6 Å². The predicted octanol–water partition coefficient (Wildman–Crippen LogP) is 6.68. The van der Waals surface area contributed by atoms with Gasteiger partial charge in [-0.15, -0.1) is 0 Å². The zero-order chi connectivity index (χ0) is 27.4. The van der Waals surface area contributed by atoms with E-state index < -0.39 is 5.25 Å². The Kier molecular flexibility index (Phi) is 8.32. The second-order valence-electron chi connectivity index (χ2n) is 9.40. The van der Waals surface area contributed by atoms with E-state index in [1.54, 1.807) is 29.8 Å². The summed E-state index contributed by atoms with van der Waals surface area (Å²) in [5, 5.41) is 6.05. The molecule has 38 heavy (non-hydrogen) atoms. The summed E-state index contributed by atoms with van der Waals surface area (Å²) in [4.78, 5) is 30.8. The molecule has 0 unspecified atom stereocenters. The normalized spacial score (nSPS) is 11.7. The molecule has 1 atom stereocenters. The maximum Gasteiger partial charge on any atom is 0.244 e. The molecule has 0 aliphatic carbocycles. The van der Waals surface area contributed by atoms with Gasteiger partial charge >= 0.3 is 0 Å². The number of thioether (sulfide) groups is 1. The fraction of sp³-hybridized carbons (Fsp3) is 0.233. The molecular formula is C30H31FN4O2S. The summed E-state index contributed by atoms with van der Waals surface area (Å²) in [6, 6.07) is 17.8. The Morgan fingerprint density at radius 3 is 2.32 bits per heavy atom. The van der Waals surface area contributed by atoms with Gasteiger partial charge in [0.1, 0.15) is 12.4 Å². The SMILES string of the molecule is Cc1ccc(C)c(NC(=O)Cn2c(-c3ccc(F)cc3)cnc2S[C@@H](C)C(=O)Nc2c(C)cccc2C)c1. The highest BCUT2D eigenvalue weighted by Crippen LogP contribution is 2.30. The molecule has 6 nitrogen and oxygen atoms in total. The van der Waals surface area contributed by atoms with Gasteiger partial charge < -0.3 is 15.2 Å². The van der Waals surface area contributed by atoms with Crippen LogP contribution in [-0.4, -0.2) is 26.6 Å². The van der Waals surface area contributed by atoms with E-state index in [9.17, 15) is 14.0 Å². The summed E-state index contributed by atoms with van der Waals surface area (Å²) >= 11 is 1.27. The summed E-state index contributed by atoms with van der Waals surface area (Å²) in [6.45, 7) is 9.60. The van der Waals surface area contributed by atoms with E-state index in [0.717, 1.165) is 39.2 Å². The third kappa shape index (κ3) is 6.31. The molecule has 1 heterocycles. The minimum absolute atomic E-state index is 0.0202. The highest BCUT2D eigenvalue weighted by Gasteiger charge is 2.22. The molecule has 1 aromatic heterocycles. The van der Waals surface area contributed by atoms with Crippen LogP contribution in [0.2, 0.25) is 0 Å². The number of rotatable bonds is 8. The Bertz CT molecular complexity index is 1460. The number of para-hydroxylation sites is 1. The summed E-state index contributed by atoms with van der Waals surface area (Å²) < 4.78 is 15.4. The molecule has 0 saturated carbocycles. The third-order valence-corrected chi connectivity index (χ3v) is 7.41. The largest absolute Gasteiger partial charge is 0.325 e. The van der Waals surface area contributed by atoms with Gasteiger partial charge in [-0.3, -0.25) is 9.59 Å². The van der Waals surface area contributed by atoms with Gasteiger partial charge in [0.2, 0.25) is 11.8 Å². The van der Waals surface area contributed by atoms with Crippen LogP contribution in [-0.2, 0) is 16.1 Å². The van der Waals surface area contributed by atoms with Crippen LogP contribution in [0.1, 0.15) is 29.2 Å². The highest BCUT2D eigenvalue weighted by molar-refractivity contribution is 8.00. The number of imidazole rings is 1. The Morgan fingerprint density at radius 2 is 1.63 bits per heavy atom. The minimum atomic E-state index is -0.488. The van der Waals surface area contributed by atoms with E-state index in [-0.39, 0.29) is 24.2 Å². The molecule has 2 amide bonds. The van der Waals surface area contributed by atoms with Crippen molar-refractivity contribution < 1.29 is 14.0 Å². The fourth-order valence-electron chi connectivity index (χ4n) is 4.11. The van der Waals surface area contributed by atoms with Crippen LogP contribution in [0, 0.1) is 33.5 Å². The van der Waals surface area contributed by atoms with Gasteiger partial charge in [-0.1, -0.05) is 42.1 Å². The lowest BCUT2D eigenvalue weighted by molar-refractivity contribution is -0.117. The number of hydrogen-bond donors (Lipinski definition) is 2. The molecule has 0 fully saturated rings. The predicted molar refractivity (Wildman–Crippen MR) is 152 cm³/mol. The molecular weight excluding hydrogens is 499 g/mol. The maximum absolute atomic E-state index is 13.6. The van der Waals surface area contributed by atoms with Crippen LogP contribution in [0.5, 0.6) is 0 Å². The van der Waals surface area contributed by atoms with Crippen molar-refractivity contribution in [2.75, 3.05) is 10.6 Å². The first-order valence-electron chi connectivity index (χ1n) is 12.3. The first-order chi connectivity index (χ1) is 18.1. The molecule has 8 heteroatoms. The Balaban J connectivity index is 1.59. The van der Waals surface area contributed by atoms with Crippen LogP contribution in [0.25, 0.3) is 11.3 Å². The molecule has 0 radical (unpaired) electrons. The first kappa shape index (κ1) is 27.1. The average Bonchev–Trinajstić information content (AvgIpc) is 3.25. The molecule has 2 N–H and O–H groups in total. The third-order valence-electron chi connectivity index (χ3n) is 6.31. The number of halogens is 1. The van der Waals surface area contributed by atoms with Gasteiger partial charge in [0.05, 0.1) is 17.1 Å². The van der Waals surface area contributed by atoms with Crippen LogP contribution >= 0.6 is 11.8 Å². The number of carbonyl (C=O) groups is 2. The summed E-state index contributed by atoms with van der Waals surface area (Å²) in [5.41, 5.74) is 6.89. The van der Waals surface area contributed by atoms with Crippen molar-refractivity contribution in [3.8, 4) is 11.3 Å². The number of benzene rings is 3. The lowest BCUT2D eigenvalue weighted by Crippen LogP contribution is -2.25. The van der Waals surface area contributed by atoms with Gasteiger partial charge in [-0.2, -0.15) is 0 Å². The monoisotopic (exact) mass is 530 g/mol. The Morgan fingerprint density at radius 1 is 0.947 bits per heavy atom. The van der Waals surface area contributed by atoms with Crippen molar-refractivity contribution in [1.82, 2.24) is 9.55 Å². The second kappa shape index (κ2) is 11.6. The summed E-state index contributed by atoms with van der Waals surface area (Å²) in [5.74, 6) is -0.737. The number of aromatic nitrogens is 2. The molecule has 4 aromatic rings. The van der Waals surface area contributed by atoms with E-state index in [1.165, 1.54) is 23.9 Å². The smallest absolute Gasteiger partial charge is 0.244 e. The Labute approximate surface area is 226 Å². The minimum Gasteiger partial charge on any atom is -0.325 e. The quantitative estimate of drug-likeness (QED) is 0.249. The molecule has 0 aliphatic heterocycles. The van der Waals surface area contributed by atoms with Gasteiger partial charge in [0, 0.05) is 11.4 Å². The lowest BCUT2D eigenvalue weighted by atomic mass is 10.1. The Hall–Kier alpha value is -3.91. The van der Waals surface area contributed by atoms with Crippen LogP contribution in [0.15, 0.2) is 72.0 Å². The van der Waals surface area contributed by atoms with Crippen molar-refractivity contribution >= 4 is 35.0 Å². The van der Waals surface area contributed by atoms with E-state index in [1.807, 2.05) is 64.1 Å². The molecule has 3 aromatic carbocycles. The highest BCUT2D eigenvalue weighted by atomic mass is 32.2. The number of amides is 2. The van der Waals surface area contributed by atoms with Crippen LogP contribution in [0.4, 0.5) is 15.8 Å². The molecule has 0 spiro atoms. The van der Waals surface area contributed by atoms with Crippen LogP contribution in [0.3, 0.4) is 0 Å². The van der Waals surface area contributed by atoms with Crippen molar-refractivity contribution in [3.63, 3.8) is 0 Å². The number of anilines is 2. The topological polar surface area (TPSA) is 76.0 Å². The second-order valence-corrected chi connectivity index (χ2v) is 10.7. The zero-order valence-corrected chi connectivity index (χ0v) is 22.9. The van der Waals surface area contributed by atoms with Gasteiger partial charge in [-0.05, 0) is 92.8 Å². The summed E-state index contributed by atoms with van der Waals surface area (Å²) in [6.07, 6.45) is 1.65. The molecule has 196 valence electrons. The van der Waals surface area contributed by atoms with Crippen molar-refractivity contribution in [3.05, 3.63) is 94.9 Å². The van der Waals surface area contributed by atoms with E-state index >= 15 is 0 Å². The number of nitrogens with one attached hydrogen (secondary N) is 2. The number of nitrogens with zero attached hydrogens (tertiary/aromatic N) is 2. The number of carbonyl (C=O) groups excluding carboxylic acids is 2. The number of aryl methyl sites for hydroxylation is 4. The average molecular weight is 531 g/mol. The molecule has 0 aliphatic rings. The van der Waals surface area contributed by atoms with Crippen molar-refractivity contribution in [2.24, 2.45) is 0 Å². The molecule has 0 saturated heterocycles. The number of hydrogen-bond acceptors (Lipinski definition) is 4. The lowest BCUT2D eigenvalue weighted by Gasteiger charge is -2.17. The zero-order valence-electron chi connectivity index (χ0n) is 22.1. The standard InChI is InChI=1S/C30H31FN4O2S/c1-18-9-10-19(2)25(15-18)33-27(36)17-35-26(23-11-13-24(31)14-12-23)16-32-30(35)38-22(5)29(37)34-28-20(3)7-6-8-21(28)4/h6-16,22H,17H2,1-5H3,(H,33,36)(H,34,37)/t22-/m0/s1. The fourth-order valence-corrected chi connectivity index (χ4v) is 4.99. The van der Waals surface area contributed by atoms with E-state index in [0.29, 0.717) is 10.9 Å². The maximum atomic E-state index is 13.6. The summed E-state index contributed by atoms with van der Waals surface area (Å²) in [7, 11) is 0. The van der Waals surface area contributed by atoms with Crippen molar-refractivity contribution in [1.29, 1.82) is 0 Å². The molecule has 4 rings (SSSR count). The van der Waals surface area contributed by atoms with E-state index in [2.05, 4.69) is 15.6 Å². The van der Waals surface area contributed by atoms with E-state index in [4.69, 9.17) is 0 Å². The van der Waals surface area contributed by atoms with Crippen LogP contribution < -0.4 is 10.6 Å². The molecule has 0 bridgehead atoms. The van der Waals surface area contributed by atoms with Gasteiger partial charge in [-0.25, -0.2) is 9.37 Å². The van der Waals surface area contributed by atoms with Gasteiger partial charge in [0.25, 0.3) is 0 Å². The first-order valence-corrected chi connectivity index (χ1v) is 13.2.